The average molecular weight is 416 g/mol. The van der Waals surface area contributed by atoms with Crippen LogP contribution in [0.2, 0.25) is 0 Å². The number of ketones is 1. The smallest absolute Gasteiger partial charge is 0.339 e. The summed E-state index contributed by atoms with van der Waals surface area (Å²) >= 11 is 0. The van der Waals surface area contributed by atoms with Crippen molar-refractivity contribution in [1.82, 2.24) is 9.55 Å². The van der Waals surface area contributed by atoms with Crippen molar-refractivity contribution in [2.75, 3.05) is 6.61 Å². The van der Waals surface area contributed by atoms with Gasteiger partial charge in [-0.05, 0) is 63.2 Å². The fraction of sp³-hybridized carbons (Fsp3) is 0.160. The molecule has 0 aliphatic carbocycles. The van der Waals surface area contributed by atoms with Gasteiger partial charge in [-0.2, -0.15) is 0 Å². The molecule has 2 heterocycles. The number of Topliss-reactive ketones (excluding diaryl/α,β-unsaturated/α-hetero) is 1. The van der Waals surface area contributed by atoms with Gasteiger partial charge in [-0.15, -0.1) is 0 Å². The van der Waals surface area contributed by atoms with E-state index in [4.69, 9.17) is 4.74 Å². The summed E-state index contributed by atoms with van der Waals surface area (Å²) in [6.07, 6.45) is 0. The minimum atomic E-state index is -0.567. The molecule has 6 heteroatoms. The van der Waals surface area contributed by atoms with Gasteiger partial charge in [0.25, 0.3) is 0 Å². The van der Waals surface area contributed by atoms with Crippen molar-refractivity contribution in [3.8, 4) is 5.69 Å². The number of pyridine rings is 1. The first-order valence-corrected chi connectivity index (χ1v) is 9.87. The molecular formula is C25H21FN2O3. The van der Waals surface area contributed by atoms with E-state index < -0.39 is 5.97 Å². The molecule has 0 unspecified atom stereocenters. The first-order chi connectivity index (χ1) is 14.8. The first kappa shape index (κ1) is 20.5. The molecule has 4 rings (SSSR count). The molecule has 2 aromatic carbocycles. The number of ether oxygens (including phenoxy) is 1. The number of hydrogen-bond donors (Lipinski definition) is 0. The van der Waals surface area contributed by atoms with E-state index in [1.165, 1.54) is 12.1 Å². The summed E-state index contributed by atoms with van der Waals surface area (Å²) in [4.78, 5) is 30.0. The molecule has 0 atom stereocenters. The van der Waals surface area contributed by atoms with Crippen LogP contribution in [0.25, 0.3) is 16.6 Å². The van der Waals surface area contributed by atoms with Crippen LogP contribution in [-0.2, 0) is 4.74 Å². The number of rotatable bonds is 5. The van der Waals surface area contributed by atoms with Gasteiger partial charge in [0.2, 0.25) is 5.78 Å². The minimum absolute atomic E-state index is 0.301. The summed E-state index contributed by atoms with van der Waals surface area (Å²) < 4.78 is 20.5. The predicted octanol–water partition coefficient (Wildman–Crippen LogP) is 5.13. The minimum Gasteiger partial charge on any atom is -0.454 e. The predicted molar refractivity (Wildman–Crippen MR) is 116 cm³/mol. The molecule has 0 aliphatic heterocycles. The SMILES string of the molecule is Cc1cc(C(=O)OCC(=O)c2cc(C)n(-c3ccc(F)cc3)c2C)c2ccccc2n1. The number of halogens is 1. The van der Waals surface area contributed by atoms with E-state index in [0.717, 1.165) is 11.4 Å². The van der Waals surface area contributed by atoms with Gasteiger partial charge in [0, 0.05) is 33.7 Å². The molecular weight excluding hydrogens is 395 g/mol. The largest absolute Gasteiger partial charge is 0.454 e. The van der Waals surface area contributed by atoms with Gasteiger partial charge in [0.1, 0.15) is 5.82 Å². The van der Waals surface area contributed by atoms with Crippen LogP contribution in [0.1, 0.15) is 37.8 Å². The molecule has 0 amide bonds. The number of nitrogens with zero attached hydrogens (tertiary/aromatic N) is 2. The Labute approximate surface area is 179 Å². The van der Waals surface area contributed by atoms with Crippen LogP contribution < -0.4 is 0 Å². The highest BCUT2D eigenvalue weighted by atomic mass is 19.1. The van der Waals surface area contributed by atoms with Crippen molar-refractivity contribution >= 4 is 22.7 Å². The maximum atomic E-state index is 13.3. The quantitative estimate of drug-likeness (QED) is 0.334. The lowest BCUT2D eigenvalue weighted by atomic mass is 10.1. The molecule has 0 saturated carbocycles. The van der Waals surface area contributed by atoms with E-state index in [2.05, 4.69) is 4.98 Å². The van der Waals surface area contributed by atoms with Crippen LogP contribution in [0.3, 0.4) is 0 Å². The Hall–Kier alpha value is -3.80. The van der Waals surface area contributed by atoms with Crippen LogP contribution in [-0.4, -0.2) is 27.9 Å². The summed E-state index contributed by atoms with van der Waals surface area (Å²) in [5, 5.41) is 0.681. The van der Waals surface area contributed by atoms with Crippen LogP contribution in [0, 0.1) is 26.6 Å². The number of esters is 1. The normalized spacial score (nSPS) is 11.0. The van der Waals surface area contributed by atoms with Crippen LogP contribution in [0.5, 0.6) is 0 Å². The van der Waals surface area contributed by atoms with Crippen molar-refractivity contribution in [3.63, 3.8) is 0 Å². The molecule has 0 saturated heterocycles. The number of aryl methyl sites for hydroxylation is 2. The van der Waals surface area contributed by atoms with Gasteiger partial charge in [-0.1, -0.05) is 18.2 Å². The summed E-state index contributed by atoms with van der Waals surface area (Å²) in [5.74, 6) is -1.19. The third-order valence-corrected chi connectivity index (χ3v) is 5.21. The molecule has 0 aliphatic rings. The fourth-order valence-electron chi connectivity index (χ4n) is 3.80. The third-order valence-electron chi connectivity index (χ3n) is 5.21. The van der Waals surface area contributed by atoms with Gasteiger partial charge in [-0.25, -0.2) is 9.18 Å². The molecule has 0 bridgehead atoms. The van der Waals surface area contributed by atoms with E-state index in [0.29, 0.717) is 33.4 Å². The van der Waals surface area contributed by atoms with E-state index in [1.54, 1.807) is 37.3 Å². The summed E-state index contributed by atoms with van der Waals surface area (Å²) in [5.41, 5.74) is 4.53. The highest BCUT2D eigenvalue weighted by Gasteiger charge is 2.20. The lowest BCUT2D eigenvalue weighted by molar-refractivity contribution is 0.0476. The molecule has 2 aromatic heterocycles. The van der Waals surface area contributed by atoms with E-state index in [9.17, 15) is 14.0 Å². The monoisotopic (exact) mass is 416 g/mol. The molecule has 5 nitrogen and oxygen atoms in total. The van der Waals surface area contributed by atoms with Gasteiger partial charge in [-0.3, -0.25) is 9.78 Å². The number of benzene rings is 2. The zero-order valence-corrected chi connectivity index (χ0v) is 17.5. The highest BCUT2D eigenvalue weighted by Crippen LogP contribution is 2.23. The Morgan fingerprint density at radius 2 is 1.68 bits per heavy atom. The Balaban J connectivity index is 1.56. The molecule has 31 heavy (non-hydrogen) atoms. The van der Waals surface area contributed by atoms with Gasteiger partial charge in [0.05, 0.1) is 11.1 Å². The molecule has 0 radical (unpaired) electrons. The summed E-state index contributed by atoms with van der Waals surface area (Å²) in [6.45, 7) is 5.11. The van der Waals surface area contributed by atoms with Crippen molar-refractivity contribution in [1.29, 1.82) is 0 Å². The van der Waals surface area contributed by atoms with Crippen molar-refractivity contribution < 1.29 is 18.7 Å². The fourth-order valence-corrected chi connectivity index (χ4v) is 3.80. The third kappa shape index (κ3) is 3.97. The first-order valence-electron chi connectivity index (χ1n) is 9.87. The second-order valence-corrected chi connectivity index (χ2v) is 7.42. The summed E-state index contributed by atoms with van der Waals surface area (Å²) in [6, 6.07) is 16.8. The second kappa shape index (κ2) is 8.14. The average Bonchev–Trinajstić information content (AvgIpc) is 3.06. The number of aromatic nitrogens is 2. The van der Waals surface area contributed by atoms with Crippen LogP contribution >= 0.6 is 0 Å². The van der Waals surface area contributed by atoms with E-state index >= 15 is 0 Å². The van der Waals surface area contributed by atoms with Crippen molar-refractivity contribution in [3.05, 3.63) is 94.7 Å². The molecule has 0 N–H and O–H groups in total. The van der Waals surface area contributed by atoms with Gasteiger partial charge < -0.3 is 9.30 Å². The van der Waals surface area contributed by atoms with Crippen molar-refractivity contribution in [2.45, 2.75) is 20.8 Å². The molecule has 4 aromatic rings. The zero-order chi connectivity index (χ0) is 22.1. The van der Waals surface area contributed by atoms with E-state index in [-0.39, 0.29) is 18.2 Å². The van der Waals surface area contributed by atoms with Crippen LogP contribution in [0.15, 0.2) is 60.7 Å². The second-order valence-electron chi connectivity index (χ2n) is 7.42. The topological polar surface area (TPSA) is 61.2 Å². The molecule has 0 spiro atoms. The number of para-hydroxylation sites is 1. The Morgan fingerprint density at radius 1 is 0.968 bits per heavy atom. The highest BCUT2D eigenvalue weighted by molar-refractivity contribution is 6.05. The summed E-state index contributed by atoms with van der Waals surface area (Å²) in [7, 11) is 0. The van der Waals surface area contributed by atoms with E-state index in [1.807, 2.05) is 36.6 Å². The van der Waals surface area contributed by atoms with Crippen LogP contribution in [0.4, 0.5) is 4.39 Å². The number of hydrogen-bond acceptors (Lipinski definition) is 4. The Kier molecular flexibility index (Phi) is 5.38. The lowest BCUT2D eigenvalue weighted by Gasteiger charge is -2.10. The Morgan fingerprint density at radius 3 is 2.42 bits per heavy atom. The zero-order valence-electron chi connectivity index (χ0n) is 17.5. The standard InChI is InChI=1S/C25H21FN2O3/c1-15-12-22(20-6-4-5-7-23(20)27-15)25(30)31-14-24(29)21-13-16(2)28(17(21)3)19-10-8-18(26)9-11-19/h4-13H,14H2,1-3H3. The number of carbonyl (C=O) groups excluding carboxylic acids is 2. The molecule has 0 fully saturated rings. The number of carbonyl (C=O) groups is 2. The lowest BCUT2D eigenvalue weighted by Crippen LogP contribution is -2.15. The Bertz CT molecular complexity index is 1310. The van der Waals surface area contributed by atoms with Crippen molar-refractivity contribution in [2.24, 2.45) is 0 Å². The maximum Gasteiger partial charge on any atom is 0.339 e. The van der Waals surface area contributed by atoms with Gasteiger partial charge in [0.15, 0.2) is 6.61 Å². The van der Waals surface area contributed by atoms with Gasteiger partial charge >= 0.3 is 5.97 Å². The molecule has 156 valence electrons. The maximum absolute atomic E-state index is 13.3. The number of fused-ring (bicyclic) bond motifs is 1.